The van der Waals surface area contributed by atoms with E-state index in [0.29, 0.717) is 6.04 Å². The zero-order valence-electron chi connectivity index (χ0n) is 12.6. The number of fused-ring (bicyclic) bond motifs is 1. The molecular formula is C18H25NO. The average Bonchev–Trinajstić information content (AvgIpc) is 2.81. The lowest BCUT2D eigenvalue weighted by Gasteiger charge is -2.28. The van der Waals surface area contributed by atoms with Crippen LogP contribution in [-0.4, -0.2) is 6.04 Å². The van der Waals surface area contributed by atoms with Crippen LogP contribution in [0.15, 0.2) is 28.7 Å². The van der Waals surface area contributed by atoms with Crippen molar-refractivity contribution in [2.75, 3.05) is 0 Å². The van der Waals surface area contributed by atoms with Crippen molar-refractivity contribution in [3.8, 4) is 0 Å². The quantitative estimate of drug-likeness (QED) is 0.864. The molecule has 108 valence electrons. The minimum atomic E-state index is 0.600. The smallest absolute Gasteiger partial charge is 0.134 e. The van der Waals surface area contributed by atoms with Crippen LogP contribution in [0.3, 0.4) is 0 Å². The molecule has 0 aliphatic heterocycles. The van der Waals surface area contributed by atoms with Crippen LogP contribution in [-0.2, 0) is 6.54 Å². The molecule has 1 saturated carbocycles. The van der Waals surface area contributed by atoms with Gasteiger partial charge in [-0.1, -0.05) is 37.5 Å². The third-order valence-corrected chi connectivity index (χ3v) is 4.86. The van der Waals surface area contributed by atoms with E-state index in [4.69, 9.17) is 4.42 Å². The maximum atomic E-state index is 5.84. The molecule has 1 aromatic heterocycles. The predicted molar refractivity (Wildman–Crippen MR) is 83.8 cm³/mol. The summed E-state index contributed by atoms with van der Waals surface area (Å²) in [5, 5.41) is 4.99. The van der Waals surface area contributed by atoms with Crippen LogP contribution in [0.1, 0.15) is 50.4 Å². The van der Waals surface area contributed by atoms with Gasteiger partial charge in [0.05, 0.1) is 0 Å². The lowest BCUT2D eigenvalue weighted by Crippen LogP contribution is -2.34. The van der Waals surface area contributed by atoms with E-state index in [2.05, 4.69) is 37.4 Å². The molecule has 1 atom stereocenters. The third-order valence-electron chi connectivity index (χ3n) is 4.86. The molecule has 1 aliphatic rings. The summed E-state index contributed by atoms with van der Waals surface area (Å²) in [6, 6.07) is 8.94. The molecule has 0 spiro atoms. The number of furan rings is 1. The van der Waals surface area contributed by atoms with Crippen molar-refractivity contribution in [3.63, 3.8) is 0 Å². The van der Waals surface area contributed by atoms with E-state index in [1.54, 1.807) is 0 Å². The number of nitrogens with one attached hydrogen (secondary N) is 1. The minimum Gasteiger partial charge on any atom is -0.461 e. The van der Waals surface area contributed by atoms with Gasteiger partial charge in [0, 0.05) is 23.5 Å². The maximum absolute atomic E-state index is 5.84. The van der Waals surface area contributed by atoms with E-state index in [1.165, 1.54) is 43.1 Å². The van der Waals surface area contributed by atoms with E-state index < -0.39 is 0 Å². The van der Waals surface area contributed by atoms with Gasteiger partial charge in [-0.15, -0.1) is 0 Å². The Morgan fingerprint density at radius 2 is 1.95 bits per heavy atom. The summed E-state index contributed by atoms with van der Waals surface area (Å²) in [6.45, 7) is 5.33. The highest BCUT2D eigenvalue weighted by atomic mass is 16.3. The van der Waals surface area contributed by atoms with E-state index >= 15 is 0 Å². The second-order valence-electron chi connectivity index (χ2n) is 6.20. The fourth-order valence-corrected chi connectivity index (χ4v) is 3.50. The Morgan fingerprint density at radius 3 is 2.75 bits per heavy atom. The zero-order chi connectivity index (χ0) is 13.9. The molecule has 20 heavy (non-hydrogen) atoms. The lowest BCUT2D eigenvalue weighted by atomic mass is 9.84. The van der Waals surface area contributed by atoms with Gasteiger partial charge in [-0.2, -0.15) is 0 Å². The first kappa shape index (κ1) is 13.7. The minimum absolute atomic E-state index is 0.600. The lowest BCUT2D eigenvalue weighted by molar-refractivity contribution is 0.280. The summed E-state index contributed by atoms with van der Waals surface area (Å²) < 4.78 is 5.84. The van der Waals surface area contributed by atoms with Crippen molar-refractivity contribution in [2.45, 2.75) is 58.5 Å². The number of hydrogen-bond donors (Lipinski definition) is 1. The Bertz CT molecular complexity index is 566. The molecule has 0 saturated heterocycles. The Kier molecular flexibility index (Phi) is 4.11. The number of para-hydroxylation sites is 1. The molecule has 0 bridgehead atoms. The molecule has 1 aliphatic carbocycles. The highest BCUT2D eigenvalue weighted by Crippen LogP contribution is 2.28. The van der Waals surface area contributed by atoms with Gasteiger partial charge in [0.2, 0.25) is 0 Å². The van der Waals surface area contributed by atoms with E-state index in [-0.39, 0.29) is 0 Å². The third kappa shape index (κ3) is 2.76. The first-order valence-corrected chi connectivity index (χ1v) is 7.96. The highest BCUT2D eigenvalue weighted by molar-refractivity contribution is 5.82. The fourth-order valence-electron chi connectivity index (χ4n) is 3.50. The van der Waals surface area contributed by atoms with Crippen molar-refractivity contribution < 1.29 is 4.42 Å². The second-order valence-corrected chi connectivity index (χ2v) is 6.20. The standard InChI is InChI=1S/C18H25NO/c1-13(15-8-4-3-5-9-15)19-12-17-14(2)20-18-11-7-6-10-16(17)18/h6-7,10-11,13,15,19H,3-5,8-9,12H2,1-2H3/t13-/m0/s1. The molecule has 2 aromatic rings. The molecule has 3 rings (SSSR count). The van der Waals surface area contributed by atoms with Gasteiger partial charge in [0.1, 0.15) is 11.3 Å². The summed E-state index contributed by atoms with van der Waals surface area (Å²) in [5.41, 5.74) is 2.33. The number of hydrogen-bond acceptors (Lipinski definition) is 2. The molecule has 1 aromatic carbocycles. The van der Waals surface area contributed by atoms with E-state index in [1.807, 2.05) is 6.07 Å². The van der Waals surface area contributed by atoms with Gasteiger partial charge in [-0.05, 0) is 38.7 Å². The predicted octanol–water partition coefficient (Wildman–Crippen LogP) is 4.80. The second kappa shape index (κ2) is 6.01. The van der Waals surface area contributed by atoms with Gasteiger partial charge in [0.15, 0.2) is 0 Å². The average molecular weight is 271 g/mol. The van der Waals surface area contributed by atoms with Crippen LogP contribution in [0.5, 0.6) is 0 Å². The summed E-state index contributed by atoms with van der Waals surface area (Å²) >= 11 is 0. The molecule has 2 nitrogen and oxygen atoms in total. The van der Waals surface area contributed by atoms with Crippen molar-refractivity contribution in [2.24, 2.45) is 5.92 Å². The van der Waals surface area contributed by atoms with Gasteiger partial charge in [-0.25, -0.2) is 0 Å². The molecule has 0 unspecified atom stereocenters. The van der Waals surface area contributed by atoms with E-state index in [0.717, 1.165) is 23.8 Å². The topological polar surface area (TPSA) is 25.2 Å². The molecule has 1 N–H and O–H groups in total. The van der Waals surface area contributed by atoms with Crippen molar-refractivity contribution in [3.05, 3.63) is 35.6 Å². The Morgan fingerprint density at radius 1 is 1.20 bits per heavy atom. The van der Waals surface area contributed by atoms with Gasteiger partial charge in [-0.3, -0.25) is 0 Å². The number of benzene rings is 1. The summed E-state index contributed by atoms with van der Waals surface area (Å²) in [7, 11) is 0. The summed E-state index contributed by atoms with van der Waals surface area (Å²) in [6.07, 6.45) is 7.02. The highest BCUT2D eigenvalue weighted by Gasteiger charge is 2.20. The fraction of sp³-hybridized carbons (Fsp3) is 0.556. The molecule has 1 fully saturated rings. The van der Waals surface area contributed by atoms with Crippen molar-refractivity contribution in [1.82, 2.24) is 5.32 Å². The van der Waals surface area contributed by atoms with Gasteiger partial charge in [0.25, 0.3) is 0 Å². The Labute approximate surface area is 121 Å². The summed E-state index contributed by atoms with van der Waals surface area (Å²) in [4.78, 5) is 0. The van der Waals surface area contributed by atoms with Crippen LogP contribution in [0.2, 0.25) is 0 Å². The van der Waals surface area contributed by atoms with Crippen molar-refractivity contribution in [1.29, 1.82) is 0 Å². The first-order valence-electron chi connectivity index (χ1n) is 7.96. The zero-order valence-corrected chi connectivity index (χ0v) is 12.6. The Balaban J connectivity index is 1.68. The van der Waals surface area contributed by atoms with Crippen LogP contribution in [0.4, 0.5) is 0 Å². The molecule has 0 radical (unpaired) electrons. The SMILES string of the molecule is Cc1oc2ccccc2c1CN[C@@H](C)C1CCCCC1. The monoisotopic (exact) mass is 271 g/mol. The van der Waals surface area contributed by atoms with Crippen molar-refractivity contribution >= 4 is 11.0 Å². The Hall–Kier alpha value is -1.28. The van der Waals surface area contributed by atoms with Crippen LogP contribution < -0.4 is 5.32 Å². The number of rotatable bonds is 4. The maximum Gasteiger partial charge on any atom is 0.134 e. The van der Waals surface area contributed by atoms with Gasteiger partial charge >= 0.3 is 0 Å². The van der Waals surface area contributed by atoms with Gasteiger partial charge < -0.3 is 9.73 Å². The number of aryl methyl sites for hydroxylation is 1. The molecule has 0 amide bonds. The molecular weight excluding hydrogens is 246 g/mol. The largest absolute Gasteiger partial charge is 0.461 e. The van der Waals surface area contributed by atoms with Crippen LogP contribution in [0, 0.1) is 12.8 Å². The van der Waals surface area contributed by atoms with Crippen LogP contribution in [0.25, 0.3) is 11.0 Å². The normalized spacial score (nSPS) is 18.5. The van der Waals surface area contributed by atoms with Crippen LogP contribution >= 0.6 is 0 Å². The summed E-state index contributed by atoms with van der Waals surface area (Å²) in [5.74, 6) is 1.90. The molecule has 1 heterocycles. The molecule has 2 heteroatoms. The first-order chi connectivity index (χ1) is 9.75. The van der Waals surface area contributed by atoms with E-state index in [9.17, 15) is 0 Å².